The summed E-state index contributed by atoms with van der Waals surface area (Å²) in [5.41, 5.74) is 3.95. The molecule has 0 bridgehead atoms. The summed E-state index contributed by atoms with van der Waals surface area (Å²) in [5, 5.41) is 3.89. The maximum Gasteiger partial charge on any atom is 0.285 e. The predicted molar refractivity (Wildman–Crippen MR) is 145 cm³/mol. The van der Waals surface area contributed by atoms with Crippen molar-refractivity contribution < 1.29 is 19.1 Å². The number of anilines is 1. The number of likely N-dealkylation sites (tertiary alicyclic amines) is 1. The predicted octanol–water partition coefficient (Wildman–Crippen LogP) is 3.81. The zero-order valence-electron chi connectivity index (χ0n) is 19.8. The molecule has 2 fully saturated rings. The molecule has 2 N–H and O–H groups in total. The van der Waals surface area contributed by atoms with Crippen LogP contribution < -0.4 is 15.5 Å². The van der Waals surface area contributed by atoms with Crippen LogP contribution in [0.3, 0.4) is 0 Å². The number of benzene rings is 2. The third-order valence-corrected chi connectivity index (χ3v) is 7.06. The molecule has 2 aliphatic rings. The van der Waals surface area contributed by atoms with Crippen molar-refractivity contribution >= 4 is 57.8 Å². The van der Waals surface area contributed by atoms with Crippen LogP contribution in [0, 0.1) is 0 Å². The zero-order chi connectivity index (χ0) is 25.3. The number of hydrogen-bond acceptors (Lipinski definition) is 7. The third kappa shape index (κ3) is 7.16. The van der Waals surface area contributed by atoms with Crippen LogP contribution in [0.25, 0.3) is 6.08 Å². The van der Waals surface area contributed by atoms with E-state index in [4.69, 9.17) is 17.0 Å². The van der Waals surface area contributed by atoms with Gasteiger partial charge in [-0.3, -0.25) is 19.8 Å². The number of thiocarbonyl (C=S) groups is 1. The van der Waals surface area contributed by atoms with Crippen LogP contribution in [0.2, 0.25) is 0 Å². The monoisotopic (exact) mass is 524 g/mol. The van der Waals surface area contributed by atoms with Gasteiger partial charge in [0.2, 0.25) is 5.91 Å². The van der Waals surface area contributed by atoms with Gasteiger partial charge in [-0.1, -0.05) is 54.6 Å². The number of thioether (sulfide) groups is 1. The van der Waals surface area contributed by atoms with Crippen molar-refractivity contribution in [2.45, 2.75) is 25.7 Å². The minimum Gasteiger partial charge on any atom is -0.483 e. The van der Waals surface area contributed by atoms with Gasteiger partial charge in [-0.05, 0) is 62.4 Å². The Morgan fingerprint density at radius 2 is 1.72 bits per heavy atom. The molecule has 36 heavy (non-hydrogen) atoms. The molecule has 2 aliphatic heterocycles. The normalized spacial score (nSPS) is 17.3. The summed E-state index contributed by atoms with van der Waals surface area (Å²) in [6, 6.07) is 16.2. The van der Waals surface area contributed by atoms with Gasteiger partial charge in [0.25, 0.3) is 11.8 Å². The van der Waals surface area contributed by atoms with Crippen molar-refractivity contribution in [3.63, 3.8) is 0 Å². The molecule has 0 unspecified atom stereocenters. The summed E-state index contributed by atoms with van der Waals surface area (Å²) in [5.74, 6) is -0.481. The Morgan fingerprint density at radius 3 is 2.50 bits per heavy atom. The highest BCUT2D eigenvalue weighted by Crippen LogP contribution is 2.33. The molecule has 3 amide bonds. The van der Waals surface area contributed by atoms with E-state index in [0.29, 0.717) is 34.9 Å². The summed E-state index contributed by atoms with van der Waals surface area (Å²) in [4.78, 5) is 40.3. The number of hydrogen-bond donors (Lipinski definition) is 2. The summed E-state index contributed by atoms with van der Waals surface area (Å²) in [6.07, 6.45) is 5.51. The Hall–Kier alpha value is -3.21. The van der Waals surface area contributed by atoms with Crippen molar-refractivity contribution in [1.82, 2.24) is 15.3 Å². The van der Waals surface area contributed by atoms with Crippen LogP contribution in [0.1, 0.15) is 31.2 Å². The Labute approximate surface area is 220 Å². The second-order valence-corrected chi connectivity index (χ2v) is 10.1. The maximum absolute atomic E-state index is 13.0. The summed E-state index contributed by atoms with van der Waals surface area (Å²) < 4.78 is 5.99. The molecule has 4 rings (SSSR count). The lowest BCUT2D eigenvalue weighted by Gasteiger charge is -2.26. The quantitative estimate of drug-likeness (QED) is 0.381. The first-order chi connectivity index (χ1) is 17.5. The molecule has 2 aromatic rings. The van der Waals surface area contributed by atoms with Gasteiger partial charge in [0.15, 0.2) is 10.9 Å². The molecule has 0 aromatic heterocycles. The van der Waals surface area contributed by atoms with Crippen molar-refractivity contribution in [3.05, 3.63) is 65.1 Å². The van der Waals surface area contributed by atoms with E-state index in [-0.39, 0.29) is 22.7 Å². The Kier molecular flexibility index (Phi) is 9.10. The van der Waals surface area contributed by atoms with Gasteiger partial charge in [0, 0.05) is 24.2 Å². The summed E-state index contributed by atoms with van der Waals surface area (Å²) >= 11 is 6.45. The van der Waals surface area contributed by atoms with E-state index in [1.807, 2.05) is 24.3 Å². The van der Waals surface area contributed by atoms with E-state index >= 15 is 0 Å². The first-order valence-corrected chi connectivity index (χ1v) is 13.1. The minimum atomic E-state index is -0.395. The van der Waals surface area contributed by atoms with E-state index in [1.165, 1.54) is 6.42 Å². The second-order valence-electron chi connectivity index (χ2n) is 8.45. The van der Waals surface area contributed by atoms with Crippen LogP contribution in [0.15, 0.2) is 59.5 Å². The fourth-order valence-corrected chi connectivity index (χ4v) is 5.09. The molecule has 8 nitrogen and oxygen atoms in total. The molecular formula is C26H28N4O4S2. The van der Waals surface area contributed by atoms with Crippen LogP contribution in [0.5, 0.6) is 5.75 Å². The van der Waals surface area contributed by atoms with Crippen LogP contribution in [0.4, 0.5) is 5.69 Å². The number of carbonyl (C=O) groups excluding carboxylic acids is 3. The van der Waals surface area contributed by atoms with Crippen LogP contribution >= 0.6 is 24.0 Å². The highest BCUT2D eigenvalue weighted by Gasteiger charge is 2.33. The second kappa shape index (κ2) is 12.7. The lowest BCUT2D eigenvalue weighted by molar-refractivity contribution is -0.133. The highest BCUT2D eigenvalue weighted by atomic mass is 32.2. The van der Waals surface area contributed by atoms with Gasteiger partial charge in [-0.2, -0.15) is 5.01 Å². The van der Waals surface area contributed by atoms with E-state index in [0.717, 1.165) is 42.7 Å². The van der Waals surface area contributed by atoms with Crippen molar-refractivity contribution in [2.24, 2.45) is 0 Å². The molecule has 10 heteroatoms. The molecule has 0 atom stereocenters. The average Bonchev–Trinajstić information content (AvgIpc) is 3.15. The minimum absolute atomic E-state index is 0.187. The van der Waals surface area contributed by atoms with E-state index in [9.17, 15) is 14.4 Å². The topological polar surface area (TPSA) is 91.0 Å². The Bertz CT molecular complexity index is 1150. The molecule has 0 saturated carbocycles. The van der Waals surface area contributed by atoms with Gasteiger partial charge < -0.3 is 15.0 Å². The number of para-hydroxylation sites is 2. The first-order valence-electron chi connectivity index (χ1n) is 11.9. The van der Waals surface area contributed by atoms with Crippen molar-refractivity contribution in [1.29, 1.82) is 0 Å². The molecular weight excluding hydrogens is 496 g/mol. The van der Waals surface area contributed by atoms with Gasteiger partial charge in [-0.15, -0.1) is 0 Å². The Balaban J connectivity index is 1.34. The number of ether oxygens (including phenoxy) is 1. The molecule has 2 heterocycles. The number of amides is 3. The van der Waals surface area contributed by atoms with Gasteiger partial charge in [0.05, 0.1) is 4.91 Å². The van der Waals surface area contributed by atoms with E-state index in [2.05, 4.69) is 15.6 Å². The fourth-order valence-electron chi connectivity index (χ4n) is 3.92. The van der Waals surface area contributed by atoms with Gasteiger partial charge in [-0.25, -0.2) is 0 Å². The van der Waals surface area contributed by atoms with E-state index in [1.54, 1.807) is 36.4 Å². The third-order valence-electron chi connectivity index (χ3n) is 5.76. The van der Waals surface area contributed by atoms with Crippen molar-refractivity contribution in [2.75, 3.05) is 31.6 Å². The largest absolute Gasteiger partial charge is 0.483 e. The number of piperidine rings is 1. The van der Waals surface area contributed by atoms with Gasteiger partial charge >= 0.3 is 0 Å². The van der Waals surface area contributed by atoms with Crippen molar-refractivity contribution in [3.8, 4) is 5.75 Å². The number of hydrazine groups is 1. The smallest absolute Gasteiger partial charge is 0.285 e. The number of rotatable bonds is 9. The number of nitrogens with one attached hydrogen (secondary N) is 2. The average molecular weight is 525 g/mol. The Morgan fingerprint density at radius 1 is 1.00 bits per heavy atom. The van der Waals surface area contributed by atoms with Crippen LogP contribution in [-0.2, 0) is 14.4 Å². The fraction of sp³-hybridized carbons (Fsp3) is 0.308. The molecule has 2 saturated heterocycles. The molecule has 0 aliphatic carbocycles. The lowest BCUT2D eigenvalue weighted by Crippen LogP contribution is -2.46. The molecule has 2 aromatic carbocycles. The molecule has 0 spiro atoms. The molecule has 0 radical (unpaired) electrons. The number of carbonyl (C=O) groups is 3. The summed E-state index contributed by atoms with van der Waals surface area (Å²) in [7, 11) is 0. The molecule has 188 valence electrons. The highest BCUT2D eigenvalue weighted by molar-refractivity contribution is 8.26. The zero-order valence-corrected chi connectivity index (χ0v) is 21.4. The van der Waals surface area contributed by atoms with Gasteiger partial charge in [0.1, 0.15) is 5.75 Å². The summed E-state index contributed by atoms with van der Waals surface area (Å²) in [6.45, 7) is 2.49. The number of nitrogens with zero attached hydrogens (tertiary/aromatic N) is 2. The standard InChI is InChI=1S/C26H28N4O4S2/c31-23(13-16-29-14-7-2-8-15-29)28-30-25(33)22(36-26(30)35)17-19-9-5-6-12-21(19)34-18-24(32)27-20-10-3-1-4-11-20/h1,3-6,9-12,17H,2,7-8,13-16,18H2,(H,27,32)(H,28,31). The maximum atomic E-state index is 13.0. The first kappa shape index (κ1) is 25.9. The lowest BCUT2D eigenvalue weighted by atomic mass is 10.1. The SMILES string of the molecule is O=C(COc1ccccc1C=C1SC(=S)N(NC(=O)CCN2CCCCC2)C1=O)Nc1ccccc1. The van der Waals surface area contributed by atoms with E-state index < -0.39 is 5.91 Å². The van der Waals surface area contributed by atoms with Crippen LogP contribution in [-0.4, -0.2) is 58.2 Å².